The van der Waals surface area contributed by atoms with E-state index in [1.54, 1.807) is 7.11 Å². The third kappa shape index (κ3) is 4.46. The first-order valence-corrected chi connectivity index (χ1v) is 10.1. The summed E-state index contributed by atoms with van der Waals surface area (Å²) in [7, 11) is 1.73. The highest BCUT2D eigenvalue weighted by Crippen LogP contribution is 2.34. The van der Waals surface area contributed by atoms with Gasteiger partial charge in [0.15, 0.2) is 0 Å². The Morgan fingerprint density at radius 2 is 2.12 bits per heavy atom. The molecule has 6 heteroatoms. The van der Waals surface area contributed by atoms with Crippen LogP contribution in [0.1, 0.15) is 28.1 Å². The minimum Gasteiger partial charge on any atom is -0.384 e. The molecular formula is C20H25ClN2O2S. The molecule has 1 saturated heterocycles. The SMILES string of the molecule is COCC1(CNC(=O)c2cc(C)c(-c3cccc(Cl)c3)s2)CCNCC1. The van der Waals surface area contributed by atoms with Crippen molar-refractivity contribution >= 4 is 28.8 Å². The van der Waals surface area contributed by atoms with Crippen molar-refractivity contribution in [2.75, 3.05) is 33.4 Å². The van der Waals surface area contributed by atoms with Crippen LogP contribution in [0.25, 0.3) is 10.4 Å². The van der Waals surface area contributed by atoms with Crippen molar-refractivity contribution in [3.05, 3.63) is 45.8 Å². The summed E-state index contributed by atoms with van der Waals surface area (Å²) in [6, 6.07) is 9.71. The molecule has 1 amide bonds. The van der Waals surface area contributed by atoms with Gasteiger partial charge in [0.25, 0.3) is 5.91 Å². The molecule has 1 aliphatic rings. The lowest BCUT2D eigenvalue weighted by Gasteiger charge is -2.37. The van der Waals surface area contributed by atoms with E-state index in [1.165, 1.54) is 11.3 Å². The maximum atomic E-state index is 12.7. The third-order valence-corrected chi connectivity index (χ3v) is 6.49. The fourth-order valence-electron chi connectivity index (χ4n) is 3.50. The smallest absolute Gasteiger partial charge is 0.261 e. The van der Waals surface area contributed by atoms with Gasteiger partial charge in [-0.05, 0) is 62.2 Å². The topological polar surface area (TPSA) is 50.4 Å². The van der Waals surface area contributed by atoms with Crippen LogP contribution in [0.3, 0.4) is 0 Å². The van der Waals surface area contributed by atoms with Gasteiger partial charge in [-0.3, -0.25) is 4.79 Å². The summed E-state index contributed by atoms with van der Waals surface area (Å²) < 4.78 is 5.43. The van der Waals surface area contributed by atoms with E-state index >= 15 is 0 Å². The van der Waals surface area contributed by atoms with Crippen LogP contribution in [0.4, 0.5) is 0 Å². The molecule has 0 bridgehead atoms. The number of carbonyl (C=O) groups excluding carboxylic acids is 1. The van der Waals surface area contributed by atoms with Crippen LogP contribution < -0.4 is 10.6 Å². The monoisotopic (exact) mass is 392 g/mol. The number of rotatable bonds is 6. The fourth-order valence-corrected chi connectivity index (χ4v) is 4.78. The van der Waals surface area contributed by atoms with E-state index in [2.05, 4.69) is 10.6 Å². The van der Waals surface area contributed by atoms with Crippen molar-refractivity contribution < 1.29 is 9.53 Å². The van der Waals surface area contributed by atoms with Gasteiger partial charge in [-0.25, -0.2) is 0 Å². The summed E-state index contributed by atoms with van der Waals surface area (Å²) in [6.45, 7) is 5.28. The molecule has 0 spiro atoms. The van der Waals surface area contributed by atoms with Crippen LogP contribution in [-0.4, -0.2) is 39.3 Å². The van der Waals surface area contributed by atoms with Crippen molar-refractivity contribution in [1.29, 1.82) is 0 Å². The van der Waals surface area contributed by atoms with Gasteiger partial charge >= 0.3 is 0 Å². The standard InChI is InChI=1S/C20H25ClN2O2S/c1-14-10-17(26-18(14)15-4-3-5-16(21)11-15)19(24)23-12-20(13-25-2)6-8-22-9-7-20/h3-5,10-11,22H,6-9,12-13H2,1-2H3,(H,23,24). The lowest BCUT2D eigenvalue weighted by atomic mass is 9.79. The number of ether oxygens (including phenoxy) is 1. The molecule has 1 aromatic heterocycles. The van der Waals surface area contributed by atoms with Gasteiger partial charge in [0.05, 0.1) is 11.5 Å². The summed E-state index contributed by atoms with van der Waals surface area (Å²) in [5, 5.41) is 7.21. The van der Waals surface area contributed by atoms with Crippen LogP contribution in [0.2, 0.25) is 5.02 Å². The Labute approximate surface area is 163 Å². The highest BCUT2D eigenvalue weighted by atomic mass is 35.5. The van der Waals surface area contributed by atoms with Crippen LogP contribution in [0.5, 0.6) is 0 Å². The second-order valence-electron chi connectivity index (χ2n) is 7.00. The highest BCUT2D eigenvalue weighted by Gasteiger charge is 2.32. The van der Waals surface area contributed by atoms with E-state index in [-0.39, 0.29) is 11.3 Å². The number of thiophene rings is 1. The first-order chi connectivity index (χ1) is 12.5. The molecule has 0 aliphatic carbocycles. The zero-order valence-corrected chi connectivity index (χ0v) is 16.8. The van der Waals surface area contributed by atoms with E-state index in [1.807, 2.05) is 37.3 Å². The molecule has 0 unspecified atom stereocenters. The van der Waals surface area contributed by atoms with Gasteiger partial charge in [0, 0.05) is 29.0 Å². The van der Waals surface area contributed by atoms with Gasteiger partial charge in [-0.1, -0.05) is 23.7 Å². The Morgan fingerprint density at radius 1 is 1.35 bits per heavy atom. The number of halogens is 1. The number of hydrogen-bond acceptors (Lipinski definition) is 4. The number of methoxy groups -OCH3 is 1. The molecule has 3 rings (SSSR count). The molecule has 1 fully saturated rings. The average molecular weight is 393 g/mol. The summed E-state index contributed by atoms with van der Waals surface area (Å²) in [6.07, 6.45) is 2.02. The Morgan fingerprint density at radius 3 is 2.81 bits per heavy atom. The Balaban J connectivity index is 1.71. The second-order valence-corrected chi connectivity index (χ2v) is 8.49. The van der Waals surface area contributed by atoms with Crippen molar-refractivity contribution in [3.63, 3.8) is 0 Å². The maximum absolute atomic E-state index is 12.7. The fraction of sp³-hybridized carbons (Fsp3) is 0.450. The third-order valence-electron chi connectivity index (χ3n) is 4.97. The molecule has 4 nitrogen and oxygen atoms in total. The average Bonchev–Trinajstić information content (AvgIpc) is 3.03. The summed E-state index contributed by atoms with van der Waals surface area (Å²) in [5.74, 6) is -0.0135. The number of amides is 1. The number of benzene rings is 1. The first-order valence-electron chi connectivity index (χ1n) is 8.87. The second kappa shape index (κ2) is 8.53. The molecule has 1 aliphatic heterocycles. The molecule has 1 aromatic carbocycles. The molecule has 26 heavy (non-hydrogen) atoms. The Hall–Kier alpha value is -1.40. The number of hydrogen-bond donors (Lipinski definition) is 2. The van der Waals surface area contributed by atoms with Gasteiger partial charge in [0.1, 0.15) is 0 Å². The van der Waals surface area contributed by atoms with E-state index < -0.39 is 0 Å². The zero-order valence-electron chi connectivity index (χ0n) is 15.2. The summed E-state index contributed by atoms with van der Waals surface area (Å²) in [5.41, 5.74) is 2.17. The van der Waals surface area contributed by atoms with Crippen molar-refractivity contribution in [2.24, 2.45) is 5.41 Å². The van der Waals surface area contributed by atoms with E-state index in [9.17, 15) is 4.79 Å². The Bertz CT molecular complexity index is 763. The Kier molecular flexibility index (Phi) is 6.35. The molecule has 0 atom stereocenters. The summed E-state index contributed by atoms with van der Waals surface area (Å²) in [4.78, 5) is 14.5. The predicted molar refractivity (Wildman–Crippen MR) is 108 cm³/mol. The molecule has 140 valence electrons. The van der Waals surface area contributed by atoms with Gasteiger partial charge < -0.3 is 15.4 Å². The highest BCUT2D eigenvalue weighted by molar-refractivity contribution is 7.17. The van der Waals surface area contributed by atoms with Crippen molar-refractivity contribution in [2.45, 2.75) is 19.8 Å². The van der Waals surface area contributed by atoms with Crippen LogP contribution in [0.15, 0.2) is 30.3 Å². The molecule has 2 aromatic rings. The lowest BCUT2D eigenvalue weighted by Crippen LogP contribution is -2.47. The predicted octanol–water partition coefficient (Wildman–Crippen LogP) is 4.12. The number of piperidine rings is 1. The molecule has 0 saturated carbocycles. The minimum absolute atomic E-state index is 0.0135. The molecule has 0 radical (unpaired) electrons. The number of nitrogens with one attached hydrogen (secondary N) is 2. The van der Waals surface area contributed by atoms with Gasteiger partial charge in [0.2, 0.25) is 0 Å². The van der Waals surface area contributed by atoms with E-state index in [0.29, 0.717) is 18.2 Å². The minimum atomic E-state index is -0.0135. The molecule has 2 heterocycles. The molecular weight excluding hydrogens is 368 g/mol. The molecule has 2 N–H and O–H groups in total. The van der Waals surface area contributed by atoms with Crippen LogP contribution in [0, 0.1) is 12.3 Å². The lowest BCUT2D eigenvalue weighted by molar-refractivity contribution is 0.0512. The van der Waals surface area contributed by atoms with E-state index in [4.69, 9.17) is 16.3 Å². The van der Waals surface area contributed by atoms with Crippen LogP contribution in [-0.2, 0) is 4.74 Å². The largest absolute Gasteiger partial charge is 0.384 e. The first kappa shape index (κ1) is 19.4. The van der Waals surface area contributed by atoms with Gasteiger partial charge in [-0.15, -0.1) is 11.3 Å². The van der Waals surface area contributed by atoms with Gasteiger partial charge in [-0.2, -0.15) is 0 Å². The quantitative estimate of drug-likeness (QED) is 0.777. The van der Waals surface area contributed by atoms with Crippen LogP contribution >= 0.6 is 22.9 Å². The van der Waals surface area contributed by atoms with Crippen molar-refractivity contribution in [3.8, 4) is 10.4 Å². The summed E-state index contributed by atoms with van der Waals surface area (Å²) >= 11 is 7.62. The van der Waals surface area contributed by atoms with Crippen molar-refractivity contribution in [1.82, 2.24) is 10.6 Å². The van der Waals surface area contributed by atoms with E-state index in [0.717, 1.165) is 46.8 Å². The maximum Gasteiger partial charge on any atom is 0.261 e. The number of carbonyl (C=O) groups is 1. The number of aryl methyl sites for hydroxylation is 1. The zero-order chi connectivity index (χ0) is 18.6. The normalized spacial score (nSPS) is 16.4.